The molecule has 1 heterocycles. The lowest BCUT2D eigenvalue weighted by Crippen LogP contribution is -2.43. The first-order valence-corrected chi connectivity index (χ1v) is 6.30. The Hall–Kier alpha value is -0.810. The lowest BCUT2D eigenvalue weighted by atomic mass is 10.1. The molecule has 0 aromatic carbocycles. The van der Waals surface area contributed by atoms with Crippen molar-refractivity contribution in [2.45, 2.75) is 19.4 Å². The van der Waals surface area contributed by atoms with E-state index in [-0.39, 0.29) is 24.2 Å². The number of rotatable bonds is 3. The lowest BCUT2D eigenvalue weighted by molar-refractivity contribution is -0.119. The number of imide groups is 1. The maximum Gasteiger partial charge on any atom is 0.324 e. The van der Waals surface area contributed by atoms with Crippen molar-refractivity contribution in [3.63, 3.8) is 0 Å². The summed E-state index contributed by atoms with van der Waals surface area (Å²) in [4.78, 5) is 26.8. The third-order valence-electron chi connectivity index (χ3n) is 3.09. The fraction of sp³-hybridized carbons (Fsp3) is 0.818. The number of nitrogens with zero attached hydrogens (tertiary/aromatic N) is 2. The minimum atomic E-state index is -0.314. The van der Waals surface area contributed by atoms with Crippen LogP contribution in [0.15, 0.2) is 0 Å². The third kappa shape index (κ3) is 3.85. The molecule has 0 spiro atoms. The van der Waals surface area contributed by atoms with Crippen molar-refractivity contribution in [1.29, 1.82) is 0 Å². The van der Waals surface area contributed by atoms with E-state index in [1.54, 1.807) is 4.90 Å². The van der Waals surface area contributed by atoms with Crippen molar-refractivity contribution in [3.05, 3.63) is 0 Å². The molecular weight excluding hydrogens is 242 g/mol. The largest absolute Gasteiger partial charge is 0.324 e. The number of alkyl halides is 1. The monoisotopic (exact) mass is 261 g/mol. The summed E-state index contributed by atoms with van der Waals surface area (Å²) in [6, 6.07) is 0.0418. The smallest absolute Gasteiger partial charge is 0.323 e. The summed E-state index contributed by atoms with van der Waals surface area (Å²) in [5.74, 6) is 0.334. The molecule has 1 aliphatic rings. The minimum Gasteiger partial charge on any atom is -0.323 e. The van der Waals surface area contributed by atoms with Crippen molar-refractivity contribution in [1.82, 2.24) is 15.1 Å². The van der Waals surface area contributed by atoms with Gasteiger partial charge in [0.05, 0.1) is 0 Å². The first-order chi connectivity index (χ1) is 7.95. The summed E-state index contributed by atoms with van der Waals surface area (Å²) in [5, 5.41) is 2.35. The zero-order chi connectivity index (χ0) is 13.0. The molecule has 0 bridgehead atoms. The summed E-state index contributed by atoms with van der Waals surface area (Å²) < 4.78 is 0. The molecule has 6 heteroatoms. The Morgan fingerprint density at radius 1 is 1.41 bits per heavy atom. The molecule has 2 unspecified atom stereocenters. The van der Waals surface area contributed by atoms with Gasteiger partial charge in [-0.3, -0.25) is 10.1 Å². The number of nitrogens with one attached hydrogen (secondary N) is 1. The first-order valence-electron chi connectivity index (χ1n) is 5.76. The van der Waals surface area contributed by atoms with Crippen LogP contribution in [0.25, 0.3) is 0 Å². The number of halogens is 1. The number of hydrogen-bond acceptors (Lipinski definition) is 3. The van der Waals surface area contributed by atoms with E-state index in [0.717, 1.165) is 0 Å². The summed E-state index contributed by atoms with van der Waals surface area (Å²) in [7, 11) is 4.00. The van der Waals surface area contributed by atoms with Gasteiger partial charge in [-0.25, -0.2) is 4.79 Å². The molecule has 1 fully saturated rings. The molecule has 0 radical (unpaired) electrons. The van der Waals surface area contributed by atoms with Gasteiger partial charge >= 0.3 is 6.03 Å². The van der Waals surface area contributed by atoms with Crippen LogP contribution in [0.5, 0.6) is 0 Å². The van der Waals surface area contributed by atoms with Gasteiger partial charge in [-0.2, -0.15) is 0 Å². The standard InChI is InChI=1S/C11H20ClN3O2/c1-8-6-15(7-9(8)14(2)3)11(17)13-10(16)4-5-12/h8-9H,4-7H2,1-3H3,(H,13,16,17). The van der Waals surface area contributed by atoms with Crippen molar-refractivity contribution < 1.29 is 9.59 Å². The van der Waals surface area contributed by atoms with E-state index in [4.69, 9.17) is 11.6 Å². The van der Waals surface area contributed by atoms with E-state index >= 15 is 0 Å². The molecule has 2 atom stereocenters. The van der Waals surface area contributed by atoms with Gasteiger partial charge in [0.25, 0.3) is 0 Å². The number of urea groups is 1. The van der Waals surface area contributed by atoms with Crippen LogP contribution in [0, 0.1) is 5.92 Å². The molecule has 3 amide bonds. The summed E-state index contributed by atoms with van der Waals surface area (Å²) >= 11 is 5.44. The van der Waals surface area contributed by atoms with Gasteiger partial charge < -0.3 is 9.80 Å². The SMILES string of the molecule is CC1CN(C(=O)NC(=O)CCCl)CC1N(C)C. The molecule has 1 rings (SSSR count). The van der Waals surface area contributed by atoms with Gasteiger partial charge in [-0.15, -0.1) is 11.6 Å². The molecule has 0 aliphatic carbocycles. The van der Waals surface area contributed by atoms with E-state index in [1.165, 1.54) is 0 Å². The average molecular weight is 262 g/mol. The molecule has 1 N–H and O–H groups in total. The Morgan fingerprint density at radius 3 is 2.53 bits per heavy atom. The maximum atomic E-state index is 11.8. The molecule has 1 saturated heterocycles. The van der Waals surface area contributed by atoms with Crippen molar-refractivity contribution in [3.8, 4) is 0 Å². The van der Waals surface area contributed by atoms with Crippen LogP contribution >= 0.6 is 11.6 Å². The highest BCUT2D eigenvalue weighted by atomic mass is 35.5. The van der Waals surface area contributed by atoms with Crippen LogP contribution in [-0.4, -0.2) is 60.8 Å². The van der Waals surface area contributed by atoms with Crippen LogP contribution in [0.4, 0.5) is 4.79 Å². The lowest BCUT2D eigenvalue weighted by Gasteiger charge is -2.22. The minimum absolute atomic E-state index is 0.174. The Balaban J connectivity index is 2.47. The number of hydrogen-bond donors (Lipinski definition) is 1. The Morgan fingerprint density at radius 2 is 2.06 bits per heavy atom. The molecule has 98 valence electrons. The summed E-state index contributed by atoms with van der Waals surface area (Å²) in [6.07, 6.45) is 0.174. The number of amides is 3. The van der Waals surface area contributed by atoms with Crippen LogP contribution < -0.4 is 5.32 Å². The predicted octanol–water partition coefficient (Wildman–Crippen LogP) is 0.733. The van der Waals surface area contributed by atoms with E-state index in [1.807, 2.05) is 14.1 Å². The zero-order valence-corrected chi connectivity index (χ0v) is 11.3. The summed E-state index contributed by atoms with van der Waals surface area (Å²) in [5.41, 5.74) is 0. The highest BCUT2D eigenvalue weighted by Gasteiger charge is 2.33. The first kappa shape index (κ1) is 14.3. The number of carbonyl (C=O) groups is 2. The van der Waals surface area contributed by atoms with E-state index < -0.39 is 0 Å². The van der Waals surface area contributed by atoms with Gasteiger partial charge in [0, 0.05) is 31.4 Å². The Labute approximate surface area is 107 Å². The Bertz CT molecular complexity index is 296. The number of carbonyl (C=O) groups excluding carboxylic acids is 2. The van der Waals surface area contributed by atoms with Gasteiger partial charge in [0.15, 0.2) is 0 Å². The van der Waals surface area contributed by atoms with Gasteiger partial charge in [0.2, 0.25) is 5.91 Å². The molecule has 0 saturated carbocycles. The second kappa shape index (κ2) is 6.21. The van der Waals surface area contributed by atoms with Crippen LogP contribution in [0.3, 0.4) is 0 Å². The molecule has 1 aliphatic heterocycles. The predicted molar refractivity (Wildman–Crippen MR) is 67.1 cm³/mol. The quantitative estimate of drug-likeness (QED) is 0.763. The number of likely N-dealkylation sites (N-methyl/N-ethyl adjacent to an activating group) is 1. The Kier molecular flexibility index (Phi) is 5.21. The van der Waals surface area contributed by atoms with E-state index in [9.17, 15) is 9.59 Å². The number of likely N-dealkylation sites (tertiary alicyclic amines) is 1. The van der Waals surface area contributed by atoms with Crippen molar-refractivity contribution in [2.24, 2.45) is 5.92 Å². The maximum absolute atomic E-state index is 11.8. The highest BCUT2D eigenvalue weighted by molar-refractivity contribution is 6.19. The van der Waals surface area contributed by atoms with E-state index in [2.05, 4.69) is 17.1 Å². The molecule has 0 aromatic heterocycles. The van der Waals surface area contributed by atoms with Crippen LogP contribution in [0.2, 0.25) is 0 Å². The van der Waals surface area contributed by atoms with Crippen molar-refractivity contribution in [2.75, 3.05) is 33.1 Å². The van der Waals surface area contributed by atoms with Gasteiger partial charge in [-0.05, 0) is 20.0 Å². The average Bonchev–Trinajstić information content (AvgIpc) is 2.60. The van der Waals surface area contributed by atoms with Crippen LogP contribution in [0.1, 0.15) is 13.3 Å². The van der Waals surface area contributed by atoms with Gasteiger partial charge in [-0.1, -0.05) is 6.92 Å². The molecular formula is C11H20ClN3O2. The summed E-state index contributed by atoms with van der Waals surface area (Å²) in [6.45, 7) is 3.45. The zero-order valence-electron chi connectivity index (χ0n) is 10.6. The fourth-order valence-electron chi connectivity index (χ4n) is 2.13. The third-order valence-corrected chi connectivity index (χ3v) is 3.28. The second-order valence-corrected chi connectivity index (χ2v) is 5.08. The highest BCUT2D eigenvalue weighted by Crippen LogP contribution is 2.19. The van der Waals surface area contributed by atoms with E-state index in [0.29, 0.717) is 25.0 Å². The molecule has 5 nitrogen and oxygen atoms in total. The van der Waals surface area contributed by atoms with Gasteiger partial charge in [0.1, 0.15) is 0 Å². The fourth-order valence-corrected chi connectivity index (χ4v) is 2.31. The molecule has 0 aromatic rings. The molecule has 17 heavy (non-hydrogen) atoms. The normalized spacial score (nSPS) is 24.2. The second-order valence-electron chi connectivity index (χ2n) is 4.71. The topological polar surface area (TPSA) is 52.7 Å². The van der Waals surface area contributed by atoms with Crippen molar-refractivity contribution >= 4 is 23.5 Å². The van der Waals surface area contributed by atoms with Crippen LogP contribution in [-0.2, 0) is 4.79 Å².